The van der Waals surface area contributed by atoms with Crippen molar-refractivity contribution in [2.45, 2.75) is 31.9 Å². The quantitative estimate of drug-likeness (QED) is 0.638. The first-order valence-corrected chi connectivity index (χ1v) is 9.36. The number of nitrogens with two attached hydrogens (primary N) is 1. The van der Waals surface area contributed by atoms with Crippen LogP contribution in [0.25, 0.3) is 0 Å². The lowest BCUT2D eigenvalue weighted by atomic mass is 9.87. The van der Waals surface area contributed by atoms with Crippen molar-refractivity contribution in [1.82, 2.24) is 0 Å². The molecule has 2 aromatic carbocycles. The standard InChI is InChI=1S/C20H24N2O2S.ClH/c1-20(2,3)15-6-4-14(5-7-15)13-25-19(21)22-16-8-9-17-18(12-16)24-11-10-23-17;/h4-9,12H,10-11,13H2,1-3H3,(H2,21,22);1H/p-1. The Balaban J connectivity index is 0.00000243. The monoisotopic (exact) mass is 391 g/mol. The second-order valence-electron chi connectivity index (χ2n) is 7.01. The fraction of sp³-hybridized carbons (Fsp3) is 0.350. The molecule has 26 heavy (non-hydrogen) atoms. The first-order valence-electron chi connectivity index (χ1n) is 8.38. The zero-order chi connectivity index (χ0) is 17.9. The summed E-state index contributed by atoms with van der Waals surface area (Å²) >= 11 is 1.53. The van der Waals surface area contributed by atoms with Gasteiger partial charge in [0.1, 0.15) is 13.2 Å². The molecule has 1 aliphatic heterocycles. The summed E-state index contributed by atoms with van der Waals surface area (Å²) in [7, 11) is 0. The van der Waals surface area contributed by atoms with Crippen LogP contribution in [0.3, 0.4) is 0 Å². The minimum absolute atomic E-state index is 0. The van der Waals surface area contributed by atoms with E-state index in [1.54, 1.807) is 0 Å². The van der Waals surface area contributed by atoms with Crippen molar-refractivity contribution in [1.29, 1.82) is 0 Å². The fourth-order valence-electron chi connectivity index (χ4n) is 2.52. The van der Waals surface area contributed by atoms with Crippen LogP contribution in [0.15, 0.2) is 47.5 Å². The van der Waals surface area contributed by atoms with Crippen LogP contribution < -0.4 is 27.6 Å². The van der Waals surface area contributed by atoms with Crippen molar-refractivity contribution in [3.63, 3.8) is 0 Å². The number of rotatable bonds is 3. The number of fused-ring (bicyclic) bond motifs is 1. The lowest BCUT2D eigenvalue weighted by molar-refractivity contribution is -0.00000622. The molecule has 0 atom stereocenters. The molecular weight excluding hydrogens is 368 g/mol. The van der Waals surface area contributed by atoms with Crippen molar-refractivity contribution in [2.75, 3.05) is 13.2 Å². The molecule has 0 radical (unpaired) electrons. The van der Waals surface area contributed by atoms with Gasteiger partial charge in [-0.2, -0.15) is 0 Å². The van der Waals surface area contributed by atoms with E-state index in [4.69, 9.17) is 15.2 Å². The van der Waals surface area contributed by atoms with Gasteiger partial charge in [-0.05, 0) is 28.7 Å². The number of nitrogens with zero attached hydrogens (tertiary/aromatic N) is 1. The van der Waals surface area contributed by atoms with Crippen molar-refractivity contribution >= 4 is 22.6 Å². The number of ether oxygens (including phenoxy) is 2. The molecule has 0 saturated carbocycles. The molecular formula is C20H24ClN2O2S-. The number of benzene rings is 2. The zero-order valence-electron chi connectivity index (χ0n) is 15.3. The number of hydrogen-bond acceptors (Lipinski definition) is 4. The summed E-state index contributed by atoms with van der Waals surface area (Å²) in [5.74, 6) is 2.28. The van der Waals surface area contributed by atoms with Crippen LogP contribution in [0, 0.1) is 0 Å². The Morgan fingerprint density at radius 2 is 1.69 bits per heavy atom. The van der Waals surface area contributed by atoms with E-state index in [0.717, 1.165) is 22.9 Å². The van der Waals surface area contributed by atoms with E-state index >= 15 is 0 Å². The van der Waals surface area contributed by atoms with Crippen LogP contribution in [0.2, 0.25) is 0 Å². The summed E-state index contributed by atoms with van der Waals surface area (Å²) in [5.41, 5.74) is 9.58. The highest BCUT2D eigenvalue weighted by atomic mass is 35.5. The van der Waals surface area contributed by atoms with Gasteiger partial charge in [-0.3, -0.25) is 0 Å². The van der Waals surface area contributed by atoms with Crippen LogP contribution >= 0.6 is 11.8 Å². The van der Waals surface area contributed by atoms with E-state index in [1.807, 2.05) is 18.2 Å². The minimum atomic E-state index is 0. The molecule has 0 amide bonds. The number of thioether (sulfide) groups is 1. The SMILES string of the molecule is CC(C)(C)c1ccc(CSC(N)=Nc2ccc3c(c2)OCCO3)cc1.[Cl-]. The molecule has 0 fully saturated rings. The van der Waals surface area contributed by atoms with Crippen LogP contribution in [-0.2, 0) is 11.2 Å². The van der Waals surface area contributed by atoms with E-state index in [2.05, 4.69) is 50.0 Å². The average Bonchev–Trinajstić information content (AvgIpc) is 2.59. The van der Waals surface area contributed by atoms with Crippen LogP contribution in [0.4, 0.5) is 5.69 Å². The highest BCUT2D eigenvalue weighted by Crippen LogP contribution is 2.34. The van der Waals surface area contributed by atoms with Crippen LogP contribution in [-0.4, -0.2) is 18.4 Å². The maximum absolute atomic E-state index is 6.07. The van der Waals surface area contributed by atoms with E-state index in [9.17, 15) is 0 Å². The molecule has 0 aliphatic carbocycles. The van der Waals surface area contributed by atoms with Gasteiger partial charge in [0.15, 0.2) is 16.7 Å². The molecule has 140 valence electrons. The van der Waals surface area contributed by atoms with E-state index in [-0.39, 0.29) is 17.8 Å². The molecule has 2 aromatic rings. The molecule has 0 unspecified atom stereocenters. The lowest BCUT2D eigenvalue weighted by Gasteiger charge is -2.19. The summed E-state index contributed by atoms with van der Waals surface area (Å²) < 4.78 is 11.1. The van der Waals surface area contributed by atoms with Gasteiger partial charge in [0.25, 0.3) is 0 Å². The summed E-state index contributed by atoms with van der Waals surface area (Å²) in [4.78, 5) is 4.46. The van der Waals surface area contributed by atoms with Gasteiger partial charge >= 0.3 is 0 Å². The van der Waals surface area contributed by atoms with Crippen LogP contribution in [0.5, 0.6) is 11.5 Å². The molecule has 0 spiro atoms. The number of aliphatic imine (C=N–C) groups is 1. The third-order valence-corrected chi connectivity index (χ3v) is 4.84. The second-order valence-corrected chi connectivity index (χ2v) is 8.01. The number of halogens is 1. The van der Waals surface area contributed by atoms with Crippen molar-refractivity contribution in [2.24, 2.45) is 10.7 Å². The Morgan fingerprint density at radius 1 is 1.04 bits per heavy atom. The minimum Gasteiger partial charge on any atom is -1.00 e. The van der Waals surface area contributed by atoms with Gasteiger partial charge in [0.05, 0.1) is 5.69 Å². The topological polar surface area (TPSA) is 56.8 Å². The van der Waals surface area contributed by atoms with Crippen molar-refractivity contribution in [3.8, 4) is 11.5 Å². The Bertz CT molecular complexity index is 770. The van der Waals surface area contributed by atoms with Gasteiger partial charge in [0, 0.05) is 11.8 Å². The predicted octanol–water partition coefficient (Wildman–Crippen LogP) is 1.64. The molecule has 2 N–H and O–H groups in total. The van der Waals surface area contributed by atoms with Crippen LogP contribution in [0.1, 0.15) is 31.9 Å². The molecule has 4 nitrogen and oxygen atoms in total. The zero-order valence-corrected chi connectivity index (χ0v) is 16.9. The van der Waals surface area contributed by atoms with Crippen molar-refractivity contribution in [3.05, 3.63) is 53.6 Å². The molecule has 3 rings (SSSR count). The fourth-order valence-corrected chi connectivity index (χ4v) is 3.20. The van der Waals surface area contributed by atoms with E-state index in [1.165, 1.54) is 22.9 Å². The first kappa shape index (κ1) is 20.5. The van der Waals surface area contributed by atoms with Gasteiger partial charge < -0.3 is 27.6 Å². The normalized spacial score (nSPS) is 13.9. The summed E-state index contributed by atoms with van der Waals surface area (Å²) in [6.07, 6.45) is 0. The maximum Gasteiger partial charge on any atom is 0.163 e. The highest BCUT2D eigenvalue weighted by molar-refractivity contribution is 8.13. The summed E-state index contributed by atoms with van der Waals surface area (Å²) in [6, 6.07) is 14.3. The largest absolute Gasteiger partial charge is 1.00 e. The highest BCUT2D eigenvalue weighted by Gasteiger charge is 2.13. The Kier molecular flexibility index (Phi) is 6.84. The van der Waals surface area contributed by atoms with E-state index < -0.39 is 0 Å². The molecule has 0 bridgehead atoms. The number of hydrogen-bond donors (Lipinski definition) is 1. The van der Waals surface area contributed by atoms with Gasteiger partial charge in [-0.1, -0.05) is 56.8 Å². The average molecular weight is 392 g/mol. The third-order valence-electron chi connectivity index (χ3n) is 3.97. The molecule has 1 heterocycles. The van der Waals surface area contributed by atoms with Gasteiger partial charge in [-0.25, -0.2) is 4.99 Å². The molecule has 0 aromatic heterocycles. The first-order chi connectivity index (χ1) is 11.9. The predicted molar refractivity (Wildman–Crippen MR) is 105 cm³/mol. The van der Waals surface area contributed by atoms with Crippen molar-refractivity contribution < 1.29 is 21.9 Å². The van der Waals surface area contributed by atoms with Gasteiger partial charge in [-0.15, -0.1) is 0 Å². The summed E-state index contributed by atoms with van der Waals surface area (Å²) in [6.45, 7) is 7.80. The Labute approximate surface area is 165 Å². The molecule has 0 saturated heterocycles. The number of amidine groups is 1. The smallest absolute Gasteiger partial charge is 0.163 e. The molecule has 6 heteroatoms. The Morgan fingerprint density at radius 3 is 2.35 bits per heavy atom. The maximum atomic E-state index is 6.07. The summed E-state index contributed by atoms with van der Waals surface area (Å²) in [5, 5.41) is 0.538. The lowest BCUT2D eigenvalue weighted by Crippen LogP contribution is -3.00. The second kappa shape index (κ2) is 8.69. The third kappa shape index (κ3) is 5.32. The molecule has 1 aliphatic rings. The van der Waals surface area contributed by atoms with Gasteiger partial charge in [0.2, 0.25) is 0 Å². The van der Waals surface area contributed by atoms with E-state index in [0.29, 0.717) is 18.4 Å². The Hall–Kier alpha value is -1.85.